The highest BCUT2D eigenvalue weighted by atomic mass is 15.3. The predicted octanol–water partition coefficient (Wildman–Crippen LogP) is 2.06. The Bertz CT molecular complexity index is 226. The molecule has 2 unspecified atom stereocenters. The molecule has 2 heterocycles. The van der Waals surface area contributed by atoms with E-state index in [0.29, 0.717) is 6.04 Å². The third kappa shape index (κ3) is 3.69. The first-order valence-electron chi connectivity index (χ1n) is 8.03. The summed E-state index contributed by atoms with van der Waals surface area (Å²) in [6, 6.07) is 1.46. The highest BCUT2D eigenvalue weighted by Gasteiger charge is 2.31. The van der Waals surface area contributed by atoms with Crippen LogP contribution in [0.25, 0.3) is 0 Å². The van der Waals surface area contributed by atoms with Crippen molar-refractivity contribution in [3.63, 3.8) is 0 Å². The SMILES string of the molecule is CCCCC(CN)N1CCC(N2CCCCC2)C1. The molecule has 2 atom stereocenters. The van der Waals surface area contributed by atoms with Crippen LogP contribution in [0.15, 0.2) is 0 Å². The Balaban J connectivity index is 1.78. The summed E-state index contributed by atoms with van der Waals surface area (Å²) in [6.07, 6.45) is 9.53. The van der Waals surface area contributed by atoms with Crippen molar-refractivity contribution in [2.75, 3.05) is 32.7 Å². The van der Waals surface area contributed by atoms with Gasteiger partial charge >= 0.3 is 0 Å². The Morgan fingerprint density at radius 1 is 1.17 bits per heavy atom. The van der Waals surface area contributed by atoms with E-state index in [1.807, 2.05) is 0 Å². The van der Waals surface area contributed by atoms with Crippen molar-refractivity contribution in [2.24, 2.45) is 5.73 Å². The zero-order chi connectivity index (χ0) is 12.8. The molecular formula is C15H31N3. The van der Waals surface area contributed by atoms with Crippen molar-refractivity contribution in [1.82, 2.24) is 9.80 Å². The van der Waals surface area contributed by atoms with Gasteiger partial charge in [0.05, 0.1) is 0 Å². The first-order chi connectivity index (χ1) is 8.85. The molecule has 2 saturated heterocycles. The van der Waals surface area contributed by atoms with E-state index in [1.54, 1.807) is 0 Å². The zero-order valence-corrected chi connectivity index (χ0v) is 12.1. The molecule has 18 heavy (non-hydrogen) atoms. The molecule has 0 aromatic heterocycles. The van der Waals surface area contributed by atoms with Gasteiger partial charge in [0.2, 0.25) is 0 Å². The van der Waals surface area contributed by atoms with Gasteiger partial charge < -0.3 is 5.73 Å². The van der Waals surface area contributed by atoms with Crippen LogP contribution in [0.5, 0.6) is 0 Å². The number of rotatable bonds is 6. The fourth-order valence-corrected chi connectivity index (χ4v) is 3.57. The highest BCUT2D eigenvalue weighted by molar-refractivity contribution is 4.88. The summed E-state index contributed by atoms with van der Waals surface area (Å²) in [5, 5.41) is 0. The Hall–Kier alpha value is -0.120. The van der Waals surface area contributed by atoms with E-state index in [9.17, 15) is 0 Å². The molecule has 0 saturated carbocycles. The van der Waals surface area contributed by atoms with E-state index in [2.05, 4.69) is 16.7 Å². The van der Waals surface area contributed by atoms with Gasteiger partial charge in [0.1, 0.15) is 0 Å². The average molecular weight is 253 g/mol. The molecule has 2 N–H and O–H groups in total. The lowest BCUT2D eigenvalue weighted by Crippen LogP contribution is -2.44. The van der Waals surface area contributed by atoms with Gasteiger partial charge in [-0.1, -0.05) is 26.2 Å². The maximum absolute atomic E-state index is 5.96. The standard InChI is InChI=1S/C15H31N3/c1-2-3-7-14(12-16)18-11-8-15(13-18)17-9-5-4-6-10-17/h14-15H,2-13,16H2,1H3. The maximum atomic E-state index is 5.96. The molecule has 0 amide bonds. The molecule has 0 spiro atoms. The van der Waals surface area contributed by atoms with E-state index in [1.165, 1.54) is 71.1 Å². The van der Waals surface area contributed by atoms with Crippen LogP contribution >= 0.6 is 0 Å². The third-order valence-electron chi connectivity index (χ3n) is 4.78. The van der Waals surface area contributed by atoms with Gasteiger partial charge in [-0.05, 0) is 38.8 Å². The number of unbranched alkanes of at least 4 members (excludes halogenated alkanes) is 1. The van der Waals surface area contributed by atoms with Crippen molar-refractivity contribution in [2.45, 2.75) is 64.0 Å². The molecule has 106 valence electrons. The van der Waals surface area contributed by atoms with E-state index < -0.39 is 0 Å². The molecule has 0 bridgehead atoms. The van der Waals surface area contributed by atoms with E-state index in [-0.39, 0.29) is 0 Å². The number of hydrogen-bond donors (Lipinski definition) is 1. The summed E-state index contributed by atoms with van der Waals surface area (Å²) in [4.78, 5) is 5.39. The van der Waals surface area contributed by atoms with Gasteiger partial charge in [-0.25, -0.2) is 0 Å². The smallest absolute Gasteiger partial charge is 0.0235 e. The van der Waals surface area contributed by atoms with Gasteiger partial charge in [0, 0.05) is 31.7 Å². The van der Waals surface area contributed by atoms with Crippen molar-refractivity contribution < 1.29 is 0 Å². The van der Waals surface area contributed by atoms with Crippen LogP contribution in [0.2, 0.25) is 0 Å². The van der Waals surface area contributed by atoms with E-state index in [0.717, 1.165) is 12.6 Å². The summed E-state index contributed by atoms with van der Waals surface area (Å²) in [7, 11) is 0. The summed E-state index contributed by atoms with van der Waals surface area (Å²) < 4.78 is 0. The summed E-state index contributed by atoms with van der Waals surface area (Å²) in [5.41, 5.74) is 5.96. The van der Waals surface area contributed by atoms with Gasteiger partial charge in [0.15, 0.2) is 0 Å². The molecule has 2 fully saturated rings. The second-order valence-corrected chi connectivity index (χ2v) is 6.07. The van der Waals surface area contributed by atoms with Crippen molar-refractivity contribution in [3.8, 4) is 0 Å². The molecule has 3 heteroatoms. The largest absolute Gasteiger partial charge is 0.329 e. The van der Waals surface area contributed by atoms with Crippen molar-refractivity contribution in [1.29, 1.82) is 0 Å². The van der Waals surface area contributed by atoms with Crippen LogP contribution in [0.4, 0.5) is 0 Å². The first kappa shape index (κ1) is 14.3. The van der Waals surface area contributed by atoms with Crippen molar-refractivity contribution >= 4 is 0 Å². The molecule has 2 rings (SSSR count). The minimum atomic E-state index is 0.639. The Morgan fingerprint density at radius 3 is 2.61 bits per heavy atom. The lowest BCUT2D eigenvalue weighted by Gasteiger charge is -2.33. The van der Waals surface area contributed by atoms with Gasteiger partial charge in [-0.2, -0.15) is 0 Å². The molecule has 0 aromatic rings. The Kier molecular flexibility index (Phi) is 5.93. The second-order valence-electron chi connectivity index (χ2n) is 6.07. The highest BCUT2D eigenvalue weighted by Crippen LogP contribution is 2.22. The van der Waals surface area contributed by atoms with Gasteiger partial charge in [-0.3, -0.25) is 9.80 Å². The van der Waals surface area contributed by atoms with Gasteiger partial charge in [-0.15, -0.1) is 0 Å². The quantitative estimate of drug-likeness (QED) is 0.786. The normalized spacial score (nSPS) is 28.7. The Morgan fingerprint density at radius 2 is 1.94 bits per heavy atom. The molecule has 0 aromatic carbocycles. The van der Waals surface area contributed by atoms with Crippen LogP contribution in [0.3, 0.4) is 0 Å². The second kappa shape index (κ2) is 7.46. The maximum Gasteiger partial charge on any atom is 0.0235 e. The van der Waals surface area contributed by atoms with Crippen molar-refractivity contribution in [3.05, 3.63) is 0 Å². The minimum absolute atomic E-state index is 0.639. The third-order valence-corrected chi connectivity index (χ3v) is 4.78. The van der Waals surface area contributed by atoms with Gasteiger partial charge in [0.25, 0.3) is 0 Å². The Labute approximate surface area is 113 Å². The predicted molar refractivity (Wildman–Crippen MR) is 77.8 cm³/mol. The molecular weight excluding hydrogens is 222 g/mol. The molecule has 0 aliphatic carbocycles. The lowest BCUT2D eigenvalue weighted by atomic mass is 10.1. The molecule has 3 nitrogen and oxygen atoms in total. The number of nitrogens with zero attached hydrogens (tertiary/aromatic N) is 2. The molecule has 2 aliphatic rings. The molecule has 2 aliphatic heterocycles. The minimum Gasteiger partial charge on any atom is -0.329 e. The van der Waals surface area contributed by atoms with Crippen LogP contribution in [-0.4, -0.2) is 54.6 Å². The zero-order valence-electron chi connectivity index (χ0n) is 12.1. The summed E-state index contributed by atoms with van der Waals surface area (Å²) in [5.74, 6) is 0. The van der Waals surface area contributed by atoms with Crippen LogP contribution in [0.1, 0.15) is 51.9 Å². The first-order valence-corrected chi connectivity index (χ1v) is 8.03. The fourth-order valence-electron chi connectivity index (χ4n) is 3.57. The number of likely N-dealkylation sites (tertiary alicyclic amines) is 2. The monoisotopic (exact) mass is 253 g/mol. The summed E-state index contributed by atoms with van der Waals surface area (Å²) >= 11 is 0. The van der Waals surface area contributed by atoms with Crippen LogP contribution in [-0.2, 0) is 0 Å². The number of nitrogens with two attached hydrogens (primary N) is 1. The number of piperidine rings is 1. The van der Waals surface area contributed by atoms with E-state index in [4.69, 9.17) is 5.73 Å². The number of hydrogen-bond acceptors (Lipinski definition) is 3. The topological polar surface area (TPSA) is 32.5 Å². The van der Waals surface area contributed by atoms with Crippen LogP contribution in [0, 0.1) is 0 Å². The van der Waals surface area contributed by atoms with E-state index >= 15 is 0 Å². The molecule has 0 radical (unpaired) electrons. The lowest BCUT2D eigenvalue weighted by molar-refractivity contribution is 0.150. The average Bonchev–Trinajstić information content (AvgIpc) is 2.90. The fraction of sp³-hybridized carbons (Fsp3) is 1.00. The summed E-state index contributed by atoms with van der Waals surface area (Å²) in [6.45, 7) is 8.32. The van der Waals surface area contributed by atoms with Crippen LogP contribution < -0.4 is 5.73 Å².